The molecule has 0 aromatic heterocycles. The normalized spacial score (nSPS) is 43.4. The number of alkyl halides is 2. The summed E-state index contributed by atoms with van der Waals surface area (Å²) in [7, 11) is 0. The summed E-state index contributed by atoms with van der Waals surface area (Å²) in [5.41, 5.74) is 0. The van der Waals surface area contributed by atoms with Gasteiger partial charge in [0, 0.05) is 6.61 Å². The third-order valence-electron chi connectivity index (χ3n) is 6.09. The van der Waals surface area contributed by atoms with E-state index in [0.717, 1.165) is 25.7 Å². The fourth-order valence-electron chi connectivity index (χ4n) is 4.82. The average Bonchev–Trinajstić information content (AvgIpc) is 2.96. The zero-order valence-corrected chi connectivity index (χ0v) is 15.2. The molecule has 2 saturated carbocycles. The van der Waals surface area contributed by atoms with Crippen molar-refractivity contribution in [3.63, 3.8) is 0 Å². The van der Waals surface area contributed by atoms with Crippen LogP contribution in [0.25, 0.3) is 0 Å². The van der Waals surface area contributed by atoms with Gasteiger partial charge in [-0.05, 0) is 56.3 Å². The molecule has 142 valence electrons. The minimum Gasteiger partial charge on any atom is -0.440 e. The lowest BCUT2D eigenvalue weighted by Gasteiger charge is -2.37. The number of ether oxygens (including phenoxy) is 3. The Labute approximate surface area is 149 Å². The zero-order chi connectivity index (χ0) is 18.0. The molecule has 1 saturated heterocycles. The van der Waals surface area contributed by atoms with Crippen molar-refractivity contribution in [3.8, 4) is 12.5 Å². The van der Waals surface area contributed by atoms with Gasteiger partial charge in [-0.15, -0.1) is 0 Å². The van der Waals surface area contributed by atoms with E-state index in [2.05, 4.69) is 20.0 Å². The van der Waals surface area contributed by atoms with Gasteiger partial charge in [0.15, 0.2) is 12.3 Å². The van der Waals surface area contributed by atoms with Gasteiger partial charge in [0.1, 0.15) is 12.2 Å². The highest BCUT2D eigenvalue weighted by Gasteiger charge is 2.57. The predicted octanol–water partition coefficient (Wildman–Crippen LogP) is 4.05. The molecule has 0 radical (unpaired) electrons. The summed E-state index contributed by atoms with van der Waals surface area (Å²) in [6.45, 7) is 4.92. The summed E-state index contributed by atoms with van der Waals surface area (Å²) in [6, 6.07) is 0. The first-order valence-corrected chi connectivity index (χ1v) is 9.69. The largest absolute Gasteiger partial charge is 0.440 e. The highest BCUT2D eigenvalue weighted by atomic mass is 19.1. The van der Waals surface area contributed by atoms with Crippen LogP contribution in [0, 0.1) is 30.3 Å². The molecular weight excluding hydrogens is 326 g/mol. The fourth-order valence-corrected chi connectivity index (χ4v) is 4.82. The Balaban J connectivity index is 1.56. The SMILES string of the molecule is C#COC1CCC2C3CCC(OCCCC(C)C)C(F)C3OC2C1F. The van der Waals surface area contributed by atoms with Crippen LogP contribution in [0.2, 0.25) is 0 Å². The molecule has 8 unspecified atom stereocenters. The Kier molecular flexibility index (Phi) is 6.22. The van der Waals surface area contributed by atoms with Gasteiger partial charge in [0.05, 0.1) is 18.3 Å². The third-order valence-corrected chi connectivity index (χ3v) is 6.09. The Morgan fingerprint density at radius 3 is 2.24 bits per heavy atom. The van der Waals surface area contributed by atoms with Crippen molar-refractivity contribution < 1.29 is 23.0 Å². The molecule has 0 aromatic rings. The summed E-state index contributed by atoms with van der Waals surface area (Å²) in [5, 5.41) is 0. The van der Waals surface area contributed by atoms with Crippen LogP contribution in [0.3, 0.4) is 0 Å². The van der Waals surface area contributed by atoms with E-state index in [0.29, 0.717) is 25.4 Å². The summed E-state index contributed by atoms with van der Waals surface area (Å²) in [4.78, 5) is 0. The van der Waals surface area contributed by atoms with Crippen LogP contribution in [0.15, 0.2) is 0 Å². The molecule has 25 heavy (non-hydrogen) atoms. The van der Waals surface area contributed by atoms with Crippen molar-refractivity contribution in [2.75, 3.05) is 6.61 Å². The highest BCUT2D eigenvalue weighted by Crippen LogP contribution is 2.49. The Bertz CT molecular complexity index is 478. The molecule has 3 rings (SSSR count). The molecule has 0 spiro atoms. The number of hydrogen-bond donors (Lipinski definition) is 0. The molecule has 0 bridgehead atoms. The molecule has 5 heteroatoms. The van der Waals surface area contributed by atoms with Crippen molar-refractivity contribution in [3.05, 3.63) is 0 Å². The number of terminal acetylenes is 1. The van der Waals surface area contributed by atoms with Crippen LogP contribution in [0.1, 0.15) is 52.4 Å². The average molecular weight is 356 g/mol. The topological polar surface area (TPSA) is 27.7 Å². The number of halogens is 2. The number of rotatable bonds is 6. The quantitative estimate of drug-likeness (QED) is 0.531. The van der Waals surface area contributed by atoms with Crippen molar-refractivity contribution in [2.24, 2.45) is 17.8 Å². The van der Waals surface area contributed by atoms with Gasteiger partial charge < -0.3 is 14.2 Å². The smallest absolute Gasteiger partial charge is 0.164 e. The maximum Gasteiger partial charge on any atom is 0.164 e. The first kappa shape index (κ1) is 18.9. The minimum absolute atomic E-state index is 0.0674. The van der Waals surface area contributed by atoms with E-state index in [9.17, 15) is 8.78 Å². The standard InChI is InChI=1S/C20H30F2O3/c1-4-23-15-9-7-13-14-8-10-16(24-11-5-6-12(2)3)18(22)20(14)25-19(13)17(15)21/h1,12-20H,5-11H2,2-3H3. The number of hydrogen-bond acceptors (Lipinski definition) is 3. The van der Waals surface area contributed by atoms with E-state index in [4.69, 9.17) is 20.6 Å². The van der Waals surface area contributed by atoms with Crippen LogP contribution in [-0.2, 0) is 14.2 Å². The molecule has 3 nitrogen and oxygen atoms in total. The lowest BCUT2D eigenvalue weighted by Crippen LogP contribution is -2.45. The summed E-state index contributed by atoms with van der Waals surface area (Å²) in [5.74, 6) is 0.778. The molecule has 0 aromatic carbocycles. The van der Waals surface area contributed by atoms with E-state index in [1.54, 1.807) is 0 Å². The molecule has 8 atom stereocenters. The van der Waals surface area contributed by atoms with Gasteiger partial charge in [0.2, 0.25) is 0 Å². The lowest BCUT2D eigenvalue weighted by molar-refractivity contribution is -0.125. The maximum absolute atomic E-state index is 15.0. The zero-order valence-electron chi connectivity index (χ0n) is 15.2. The molecule has 3 fully saturated rings. The van der Waals surface area contributed by atoms with E-state index in [1.807, 2.05) is 0 Å². The highest BCUT2D eigenvalue weighted by molar-refractivity contribution is 5.05. The molecular formula is C20H30F2O3. The van der Waals surface area contributed by atoms with Gasteiger partial charge in [-0.25, -0.2) is 8.78 Å². The van der Waals surface area contributed by atoms with Crippen LogP contribution in [0.4, 0.5) is 8.78 Å². The molecule has 2 aliphatic carbocycles. The van der Waals surface area contributed by atoms with Crippen LogP contribution in [0.5, 0.6) is 0 Å². The van der Waals surface area contributed by atoms with Gasteiger partial charge in [-0.3, -0.25) is 0 Å². The number of fused-ring (bicyclic) bond motifs is 3. The Morgan fingerprint density at radius 2 is 1.64 bits per heavy atom. The summed E-state index contributed by atoms with van der Waals surface area (Å²) < 4.78 is 46.3. The van der Waals surface area contributed by atoms with Gasteiger partial charge in [0.25, 0.3) is 0 Å². The van der Waals surface area contributed by atoms with E-state index in [1.165, 1.54) is 0 Å². The van der Waals surface area contributed by atoms with E-state index in [-0.39, 0.29) is 11.8 Å². The molecule has 3 aliphatic rings. The van der Waals surface area contributed by atoms with Crippen molar-refractivity contribution in [2.45, 2.75) is 89.1 Å². The fraction of sp³-hybridized carbons (Fsp3) is 0.900. The van der Waals surface area contributed by atoms with Crippen molar-refractivity contribution >= 4 is 0 Å². The Hall–Kier alpha value is -0.860. The first-order valence-electron chi connectivity index (χ1n) is 9.69. The predicted molar refractivity (Wildman–Crippen MR) is 91.4 cm³/mol. The van der Waals surface area contributed by atoms with E-state index < -0.39 is 36.8 Å². The lowest BCUT2D eigenvalue weighted by atomic mass is 9.71. The summed E-state index contributed by atoms with van der Waals surface area (Å²) in [6.07, 6.45) is 7.46. The monoisotopic (exact) mass is 356 g/mol. The molecule has 0 amide bonds. The molecule has 0 N–H and O–H groups in total. The van der Waals surface area contributed by atoms with Gasteiger partial charge in [-0.1, -0.05) is 20.3 Å². The van der Waals surface area contributed by atoms with Crippen LogP contribution >= 0.6 is 0 Å². The van der Waals surface area contributed by atoms with Crippen LogP contribution in [-0.4, -0.2) is 43.4 Å². The first-order chi connectivity index (χ1) is 12.0. The summed E-state index contributed by atoms with van der Waals surface area (Å²) >= 11 is 0. The second kappa shape index (κ2) is 8.22. The van der Waals surface area contributed by atoms with E-state index >= 15 is 0 Å². The van der Waals surface area contributed by atoms with Crippen molar-refractivity contribution in [1.82, 2.24) is 0 Å². The van der Waals surface area contributed by atoms with Gasteiger partial charge >= 0.3 is 0 Å². The maximum atomic E-state index is 15.0. The van der Waals surface area contributed by atoms with Crippen molar-refractivity contribution in [1.29, 1.82) is 0 Å². The van der Waals surface area contributed by atoms with Crippen LogP contribution < -0.4 is 0 Å². The molecule has 1 heterocycles. The second-order valence-corrected chi connectivity index (χ2v) is 8.16. The molecule has 1 aliphatic heterocycles. The minimum atomic E-state index is -1.28. The van der Waals surface area contributed by atoms with Gasteiger partial charge in [-0.2, -0.15) is 0 Å². The third kappa shape index (κ3) is 3.95. The second-order valence-electron chi connectivity index (χ2n) is 8.16. The Morgan fingerprint density at radius 1 is 1.04 bits per heavy atom.